The van der Waals surface area contributed by atoms with Crippen LogP contribution >= 0.6 is 0 Å². The molecule has 2 amide bonds. The Morgan fingerprint density at radius 3 is 2.71 bits per heavy atom. The highest BCUT2D eigenvalue weighted by Crippen LogP contribution is 2.25. The predicted molar refractivity (Wildman–Crippen MR) is 89.1 cm³/mol. The number of carbonyl (C=O) groups excluding carboxylic acids is 2. The fraction of sp³-hybridized carbons (Fsp3) is 0.235. The molecule has 124 valence electrons. The number of furan rings is 1. The van der Waals surface area contributed by atoms with Gasteiger partial charge in [0.05, 0.1) is 18.2 Å². The van der Waals surface area contributed by atoms with Gasteiger partial charge in [0.15, 0.2) is 0 Å². The number of hydrazone groups is 1. The average molecular weight is 326 g/mol. The second-order valence-electron chi connectivity index (χ2n) is 5.64. The van der Waals surface area contributed by atoms with Gasteiger partial charge in [0.25, 0.3) is 5.91 Å². The number of amides is 2. The monoisotopic (exact) mass is 326 g/mol. The third-order valence-electron chi connectivity index (χ3n) is 3.85. The van der Waals surface area contributed by atoms with E-state index in [9.17, 15) is 9.59 Å². The van der Waals surface area contributed by atoms with Crippen LogP contribution in [0.5, 0.6) is 0 Å². The minimum atomic E-state index is -0.659. The van der Waals surface area contributed by atoms with Crippen molar-refractivity contribution in [2.45, 2.75) is 19.0 Å². The summed E-state index contributed by atoms with van der Waals surface area (Å²) in [5.41, 5.74) is 7.40. The predicted octanol–water partition coefficient (Wildman–Crippen LogP) is 1.36. The van der Waals surface area contributed by atoms with Gasteiger partial charge in [-0.3, -0.25) is 14.6 Å². The van der Waals surface area contributed by atoms with E-state index in [1.807, 2.05) is 30.3 Å². The normalized spacial score (nSPS) is 16.8. The average Bonchev–Trinajstić information content (AvgIpc) is 3.24. The molecule has 0 saturated heterocycles. The molecule has 0 aliphatic carbocycles. The number of anilines is 1. The van der Waals surface area contributed by atoms with Crippen molar-refractivity contribution in [3.8, 4) is 0 Å². The van der Waals surface area contributed by atoms with Gasteiger partial charge in [0.2, 0.25) is 5.91 Å². The van der Waals surface area contributed by atoms with Crippen LogP contribution in [0.2, 0.25) is 0 Å². The van der Waals surface area contributed by atoms with Crippen LogP contribution in [0.25, 0.3) is 0 Å². The number of para-hydroxylation sites is 1. The lowest BCUT2D eigenvalue weighted by Gasteiger charge is -2.20. The van der Waals surface area contributed by atoms with Gasteiger partial charge in [-0.2, -0.15) is 5.10 Å². The maximum Gasteiger partial charge on any atom is 0.270 e. The van der Waals surface area contributed by atoms with Crippen molar-refractivity contribution in [1.29, 1.82) is 0 Å². The van der Waals surface area contributed by atoms with E-state index >= 15 is 0 Å². The molecule has 24 heavy (non-hydrogen) atoms. The van der Waals surface area contributed by atoms with Crippen molar-refractivity contribution in [2.24, 2.45) is 10.8 Å². The molecule has 1 aliphatic rings. The number of nitrogens with zero attached hydrogens (tertiary/aromatic N) is 3. The first-order valence-corrected chi connectivity index (χ1v) is 7.54. The molecule has 2 N–H and O–H groups in total. The molecule has 0 fully saturated rings. The van der Waals surface area contributed by atoms with E-state index in [-0.39, 0.29) is 12.3 Å². The first-order valence-electron chi connectivity index (χ1n) is 7.54. The van der Waals surface area contributed by atoms with Crippen LogP contribution in [0.15, 0.2) is 58.4 Å². The molecule has 0 spiro atoms. The molecular formula is C17H18N4O3. The molecule has 0 radical (unpaired) electrons. The largest absolute Gasteiger partial charge is 0.472 e. The van der Waals surface area contributed by atoms with Crippen LogP contribution in [-0.4, -0.2) is 35.5 Å². The summed E-state index contributed by atoms with van der Waals surface area (Å²) in [6, 6.07) is 10.3. The SMILES string of the molecule is CN(Cc1ccoc1)C(=O)C1=NN(c2ccccc2)C(C(N)=O)C1. The Kier molecular flexibility index (Phi) is 4.33. The highest BCUT2D eigenvalue weighted by molar-refractivity contribution is 6.40. The van der Waals surface area contributed by atoms with Crippen molar-refractivity contribution in [2.75, 3.05) is 12.1 Å². The van der Waals surface area contributed by atoms with Gasteiger partial charge in [0.1, 0.15) is 11.8 Å². The van der Waals surface area contributed by atoms with Crippen LogP contribution in [-0.2, 0) is 16.1 Å². The summed E-state index contributed by atoms with van der Waals surface area (Å²) < 4.78 is 5.01. The fourth-order valence-corrected chi connectivity index (χ4v) is 2.63. The zero-order valence-electron chi connectivity index (χ0n) is 13.3. The third-order valence-corrected chi connectivity index (χ3v) is 3.85. The zero-order chi connectivity index (χ0) is 17.1. The van der Waals surface area contributed by atoms with Crippen LogP contribution in [0, 0.1) is 0 Å². The summed E-state index contributed by atoms with van der Waals surface area (Å²) in [5.74, 6) is -0.747. The molecule has 1 atom stereocenters. The van der Waals surface area contributed by atoms with Gasteiger partial charge in [0, 0.05) is 25.6 Å². The van der Waals surface area contributed by atoms with Crippen LogP contribution in [0.4, 0.5) is 5.69 Å². The zero-order valence-corrected chi connectivity index (χ0v) is 13.3. The number of carbonyl (C=O) groups is 2. The molecule has 7 nitrogen and oxygen atoms in total. The van der Waals surface area contributed by atoms with E-state index in [1.54, 1.807) is 25.6 Å². The molecule has 0 bridgehead atoms. The number of hydrogen-bond acceptors (Lipinski definition) is 5. The number of hydrogen-bond donors (Lipinski definition) is 1. The lowest BCUT2D eigenvalue weighted by atomic mass is 10.1. The highest BCUT2D eigenvalue weighted by Gasteiger charge is 2.35. The quantitative estimate of drug-likeness (QED) is 0.898. The summed E-state index contributed by atoms with van der Waals surface area (Å²) >= 11 is 0. The topological polar surface area (TPSA) is 92.1 Å². The van der Waals surface area contributed by atoms with Crippen molar-refractivity contribution in [1.82, 2.24) is 4.90 Å². The molecule has 1 aromatic heterocycles. The molecular weight excluding hydrogens is 308 g/mol. The van der Waals surface area contributed by atoms with Crippen molar-refractivity contribution >= 4 is 23.2 Å². The van der Waals surface area contributed by atoms with Gasteiger partial charge in [-0.15, -0.1) is 0 Å². The van der Waals surface area contributed by atoms with Gasteiger partial charge < -0.3 is 15.1 Å². The van der Waals surface area contributed by atoms with Gasteiger partial charge in [-0.25, -0.2) is 0 Å². The summed E-state index contributed by atoms with van der Waals surface area (Å²) in [6.45, 7) is 0.404. The number of benzene rings is 1. The van der Waals surface area contributed by atoms with E-state index < -0.39 is 11.9 Å². The van der Waals surface area contributed by atoms with Gasteiger partial charge in [-0.05, 0) is 18.2 Å². The first kappa shape index (κ1) is 15.8. The van der Waals surface area contributed by atoms with E-state index in [0.29, 0.717) is 12.3 Å². The van der Waals surface area contributed by atoms with Crippen LogP contribution < -0.4 is 10.7 Å². The molecule has 0 saturated carbocycles. The summed E-state index contributed by atoms with van der Waals surface area (Å²) in [7, 11) is 1.68. The number of primary amides is 1. The van der Waals surface area contributed by atoms with Crippen molar-refractivity contribution in [3.63, 3.8) is 0 Å². The van der Waals surface area contributed by atoms with E-state index in [0.717, 1.165) is 11.3 Å². The highest BCUT2D eigenvalue weighted by atomic mass is 16.3. The molecule has 1 aromatic carbocycles. The van der Waals surface area contributed by atoms with Crippen molar-refractivity contribution < 1.29 is 14.0 Å². The number of nitrogens with two attached hydrogens (primary N) is 1. The number of rotatable bonds is 5. The Morgan fingerprint density at radius 1 is 1.33 bits per heavy atom. The molecule has 2 aromatic rings. The minimum Gasteiger partial charge on any atom is -0.472 e. The Balaban J connectivity index is 1.80. The lowest BCUT2D eigenvalue weighted by Crippen LogP contribution is -2.40. The molecule has 7 heteroatoms. The Labute approximate surface area is 139 Å². The second kappa shape index (κ2) is 6.57. The third kappa shape index (κ3) is 3.15. The van der Waals surface area contributed by atoms with E-state index in [2.05, 4.69) is 5.10 Å². The van der Waals surface area contributed by atoms with Crippen LogP contribution in [0.1, 0.15) is 12.0 Å². The Bertz CT molecular complexity index is 755. The van der Waals surface area contributed by atoms with E-state index in [1.165, 1.54) is 9.91 Å². The van der Waals surface area contributed by atoms with E-state index in [4.69, 9.17) is 10.2 Å². The standard InChI is InChI=1S/C17H18N4O3/c1-20(10-12-7-8-24-11-12)17(23)14-9-15(16(18)22)21(19-14)13-5-3-2-4-6-13/h2-8,11,15H,9-10H2,1H3,(H2,18,22). The fourth-order valence-electron chi connectivity index (χ4n) is 2.63. The molecule has 1 unspecified atom stereocenters. The smallest absolute Gasteiger partial charge is 0.270 e. The maximum absolute atomic E-state index is 12.6. The lowest BCUT2D eigenvalue weighted by molar-refractivity contribution is -0.123. The molecule has 3 rings (SSSR count). The Hall–Kier alpha value is -3.09. The van der Waals surface area contributed by atoms with Crippen LogP contribution in [0.3, 0.4) is 0 Å². The van der Waals surface area contributed by atoms with Crippen molar-refractivity contribution in [3.05, 3.63) is 54.5 Å². The minimum absolute atomic E-state index is 0.193. The maximum atomic E-state index is 12.6. The Morgan fingerprint density at radius 2 is 2.08 bits per heavy atom. The summed E-state index contributed by atoms with van der Waals surface area (Å²) in [4.78, 5) is 25.9. The van der Waals surface area contributed by atoms with Gasteiger partial charge in [-0.1, -0.05) is 18.2 Å². The molecule has 1 aliphatic heterocycles. The summed E-state index contributed by atoms with van der Waals surface area (Å²) in [6.07, 6.45) is 3.34. The van der Waals surface area contributed by atoms with Gasteiger partial charge >= 0.3 is 0 Å². The summed E-state index contributed by atoms with van der Waals surface area (Å²) in [5, 5.41) is 5.86. The second-order valence-corrected chi connectivity index (χ2v) is 5.64. The molecule has 2 heterocycles. The first-order chi connectivity index (χ1) is 11.6.